The second-order valence-electron chi connectivity index (χ2n) is 8.90. The molecule has 5 nitrogen and oxygen atoms in total. The molecule has 3 atom stereocenters. The molecule has 2 saturated heterocycles. The molecule has 3 heterocycles. The highest BCUT2D eigenvalue weighted by Crippen LogP contribution is 2.42. The van der Waals surface area contributed by atoms with E-state index < -0.39 is 0 Å². The number of halogens is 1. The summed E-state index contributed by atoms with van der Waals surface area (Å²) in [6, 6.07) is 15.7. The highest BCUT2D eigenvalue weighted by molar-refractivity contribution is 5.63. The molecule has 3 aromatic rings. The zero-order valence-electron chi connectivity index (χ0n) is 18.1. The van der Waals surface area contributed by atoms with E-state index in [2.05, 4.69) is 44.0 Å². The van der Waals surface area contributed by atoms with Gasteiger partial charge in [0.15, 0.2) is 0 Å². The first-order chi connectivity index (χ1) is 15.7. The summed E-state index contributed by atoms with van der Waals surface area (Å²) in [5, 5.41) is 10.2. The second-order valence-corrected chi connectivity index (χ2v) is 8.90. The van der Waals surface area contributed by atoms with Gasteiger partial charge in [0, 0.05) is 49.0 Å². The van der Waals surface area contributed by atoms with E-state index >= 15 is 0 Å². The van der Waals surface area contributed by atoms with E-state index in [9.17, 15) is 9.50 Å². The Morgan fingerprint density at radius 1 is 0.969 bits per heavy atom. The van der Waals surface area contributed by atoms with Crippen LogP contribution >= 0.6 is 0 Å². The molecular formula is C26H29FN4O. The number of aromatic nitrogens is 2. The first-order valence-corrected chi connectivity index (χ1v) is 11.4. The molecule has 32 heavy (non-hydrogen) atoms. The predicted molar refractivity (Wildman–Crippen MR) is 122 cm³/mol. The topological polar surface area (TPSA) is 52.5 Å². The van der Waals surface area contributed by atoms with Crippen molar-refractivity contribution in [3.8, 4) is 11.1 Å². The molecule has 5 rings (SSSR count). The molecule has 2 aromatic carbocycles. The van der Waals surface area contributed by atoms with Crippen LogP contribution in [-0.2, 0) is 6.54 Å². The fraction of sp³-hybridized carbons (Fsp3) is 0.385. The Hall–Kier alpha value is -2.67. The number of hydrogen-bond donors (Lipinski definition) is 1. The predicted octanol–water partition coefficient (Wildman–Crippen LogP) is 3.71. The van der Waals surface area contributed by atoms with Crippen LogP contribution in [0.5, 0.6) is 0 Å². The number of nitrogens with zero attached hydrogens (tertiary/aromatic N) is 4. The third kappa shape index (κ3) is 4.31. The van der Waals surface area contributed by atoms with Gasteiger partial charge in [-0.05, 0) is 54.8 Å². The van der Waals surface area contributed by atoms with Crippen molar-refractivity contribution < 1.29 is 9.50 Å². The zero-order valence-corrected chi connectivity index (χ0v) is 18.1. The monoisotopic (exact) mass is 432 g/mol. The number of rotatable bonds is 5. The minimum Gasteiger partial charge on any atom is -0.395 e. The standard InChI is InChI=1S/C26H29FN4O/c27-23-5-3-4-22(12-23)20-6-8-21(9-7-20)26-24-16-30(15-19-13-28-18-29-14-19)10-1-2-11-31(24)25(26)17-32/h3-9,12-14,18,24-26,32H,1-2,10-11,15-17H2/t24-,25-,26-/m1/s1. The van der Waals surface area contributed by atoms with Gasteiger partial charge in [-0.1, -0.05) is 36.4 Å². The van der Waals surface area contributed by atoms with E-state index in [1.54, 1.807) is 18.5 Å². The van der Waals surface area contributed by atoms with E-state index in [0.717, 1.165) is 55.7 Å². The third-order valence-corrected chi connectivity index (χ3v) is 6.93. The maximum atomic E-state index is 13.6. The smallest absolute Gasteiger partial charge is 0.123 e. The third-order valence-electron chi connectivity index (χ3n) is 6.93. The van der Waals surface area contributed by atoms with Crippen molar-refractivity contribution in [2.24, 2.45) is 0 Å². The molecule has 6 heteroatoms. The van der Waals surface area contributed by atoms with Crippen LogP contribution in [0.3, 0.4) is 0 Å². The van der Waals surface area contributed by atoms with Gasteiger partial charge in [-0.25, -0.2) is 14.4 Å². The Morgan fingerprint density at radius 2 is 1.75 bits per heavy atom. The largest absolute Gasteiger partial charge is 0.395 e. The van der Waals surface area contributed by atoms with Gasteiger partial charge in [0.25, 0.3) is 0 Å². The Kier molecular flexibility index (Phi) is 6.26. The van der Waals surface area contributed by atoms with Crippen molar-refractivity contribution in [1.29, 1.82) is 0 Å². The van der Waals surface area contributed by atoms with Crippen LogP contribution < -0.4 is 0 Å². The minimum atomic E-state index is -0.222. The molecule has 1 N–H and O–H groups in total. The summed E-state index contributed by atoms with van der Waals surface area (Å²) in [5.74, 6) is 0.0640. The van der Waals surface area contributed by atoms with E-state index in [0.29, 0.717) is 6.04 Å². The van der Waals surface area contributed by atoms with Crippen molar-refractivity contribution >= 4 is 0 Å². The summed E-state index contributed by atoms with van der Waals surface area (Å²) in [4.78, 5) is 13.3. The van der Waals surface area contributed by atoms with Gasteiger partial charge in [-0.2, -0.15) is 0 Å². The minimum absolute atomic E-state index is 0.153. The Morgan fingerprint density at radius 3 is 2.50 bits per heavy atom. The Labute approximate surface area is 188 Å². The molecule has 2 fully saturated rings. The lowest BCUT2D eigenvalue weighted by atomic mass is 9.74. The lowest BCUT2D eigenvalue weighted by Crippen LogP contribution is -2.67. The highest BCUT2D eigenvalue weighted by Gasteiger charge is 2.49. The average molecular weight is 433 g/mol. The highest BCUT2D eigenvalue weighted by atomic mass is 19.1. The van der Waals surface area contributed by atoms with E-state index in [1.165, 1.54) is 11.6 Å². The second kappa shape index (κ2) is 9.45. The molecule has 1 aromatic heterocycles. The van der Waals surface area contributed by atoms with Gasteiger partial charge in [-0.3, -0.25) is 9.80 Å². The maximum Gasteiger partial charge on any atom is 0.123 e. The lowest BCUT2D eigenvalue weighted by Gasteiger charge is -2.57. The van der Waals surface area contributed by atoms with Crippen molar-refractivity contribution in [1.82, 2.24) is 19.8 Å². The molecule has 0 radical (unpaired) electrons. The van der Waals surface area contributed by atoms with Gasteiger partial charge >= 0.3 is 0 Å². The lowest BCUT2D eigenvalue weighted by molar-refractivity contribution is -0.0655. The van der Waals surface area contributed by atoms with Crippen molar-refractivity contribution in [3.63, 3.8) is 0 Å². The van der Waals surface area contributed by atoms with Gasteiger partial charge in [0.05, 0.1) is 6.61 Å². The molecule has 0 spiro atoms. The van der Waals surface area contributed by atoms with Crippen molar-refractivity contribution in [2.45, 2.75) is 37.4 Å². The summed E-state index contributed by atoms with van der Waals surface area (Å²) in [6.07, 6.45) is 7.65. The van der Waals surface area contributed by atoms with E-state index in [4.69, 9.17) is 0 Å². The quantitative estimate of drug-likeness (QED) is 0.666. The van der Waals surface area contributed by atoms with Gasteiger partial charge in [0.1, 0.15) is 12.1 Å². The Balaban J connectivity index is 1.36. The van der Waals surface area contributed by atoms with E-state index in [1.807, 2.05) is 18.5 Å². The number of aliphatic hydroxyl groups excluding tert-OH is 1. The number of hydrogen-bond acceptors (Lipinski definition) is 5. The van der Waals surface area contributed by atoms with Crippen LogP contribution in [0.1, 0.15) is 29.9 Å². The van der Waals surface area contributed by atoms with E-state index in [-0.39, 0.29) is 24.4 Å². The van der Waals surface area contributed by atoms with Gasteiger partial charge in [-0.15, -0.1) is 0 Å². The number of fused-ring (bicyclic) bond motifs is 1. The number of benzene rings is 2. The molecular weight excluding hydrogens is 403 g/mol. The zero-order chi connectivity index (χ0) is 21.9. The molecule has 0 amide bonds. The summed E-state index contributed by atoms with van der Waals surface area (Å²) >= 11 is 0. The summed E-state index contributed by atoms with van der Waals surface area (Å²) in [7, 11) is 0. The van der Waals surface area contributed by atoms with Crippen LogP contribution in [0.2, 0.25) is 0 Å². The molecule has 0 unspecified atom stereocenters. The molecule has 166 valence electrons. The van der Waals surface area contributed by atoms with Crippen LogP contribution in [0, 0.1) is 5.82 Å². The fourth-order valence-corrected chi connectivity index (χ4v) is 5.39. The van der Waals surface area contributed by atoms with Crippen LogP contribution in [0.4, 0.5) is 4.39 Å². The summed E-state index contributed by atoms with van der Waals surface area (Å²) in [6.45, 7) is 4.07. The van der Waals surface area contributed by atoms with Gasteiger partial charge in [0.2, 0.25) is 0 Å². The normalized spacial score (nSPS) is 24.2. The summed E-state index contributed by atoms with van der Waals surface area (Å²) in [5.41, 5.74) is 4.27. The Bertz CT molecular complexity index is 1030. The fourth-order valence-electron chi connectivity index (χ4n) is 5.39. The van der Waals surface area contributed by atoms with Crippen molar-refractivity contribution in [2.75, 3.05) is 26.2 Å². The molecule has 2 aliphatic heterocycles. The van der Waals surface area contributed by atoms with Crippen molar-refractivity contribution in [3.05, 3.63) is 84.2 Å². The number of aliphatic hydroxyl groups is 1. The first-order valence-electron chi connectivity index (χ1n) is 11.4. The van der Waals surface area contributed by atoms with Crippen LogP contribution in [0.25, 0.3) is 11.1 Å². The SMILES string of the molecule is OC[C@@H]1[C@H](c2ccc(-c3cccc(F)c3)cc2)[C@H]2CN(Cc3cncnc3)CCCCN12. The first kappa shape index (κ1) is 21.2. The van der Waals surface area contributed by atoms with Crippen LogP contribution in [-0.4, -0.2) is 63.2 Å². The van der Waals surface area contributed by atoms with Gasteiger partial charge < -0.3 is 5.11 Å². The molecule has 0 aliphatic carbocycles. The molecule has 2 aliphatic rings. The molecule has 0 saturated carbocycles. The average Bonchev–Trinajstić information content (AvgIpc) is 2.81. The van der Waals surface area contributed by atoms with Crippen LogP contribution in [0.15, 0.2) is 67.3 Å². The summed E-state index contributed by atoms with van der Waals surface area (Å²) < 4.78 is 13.6. The molecule has 0 bridgehead atoms. The maximum absolute atomic E-state index is 13.6.